The zero-order valence-electron chi connectivity index (χ0n) is 9.70. The van der Waals surface area contributed by atoms with Crippen molar-refractivity contribution < 1.29 is 14.6 Å². The third kappa shape index (κ3) is 2.60. The van der Waals surface area contributed by atoms with Crippen molar-refractivity contribution in [3.8, 4) is 17.1 Å². The molecule has 0 aliphatic carbocycles. The molecule has 1 N–H and O–H groups in total. The van der Waals surface area contributed by atoms with Crippen molar-refractivity contribution in [3.05, 3.63) is 36.4 Å². The molecule has 2 heterocycles. The lowest BCUT2D eigenvalue weighted by atomic mass is 10.2. The molecule has 0 aliphatic heterocycles. The summed E-state index contributed by atoms with van der Waals surface area (Å²) in [5.74, 6) is -0.591. The molecule has 92 valence electrons. The number of hydrogen-bond donors (Lipinski definition) is 1. The van der Waals surface area contributed by atoms with Crippen LogP contribution in [-0.4, -0.2) is 32.6 Å². The van der Waals surface area contributed by atoms with E-state index in [4.69, 9.17) is 9.84 Å². The lowest BCUT2D eigenvalue weighted by molar-refractivity contribution is 0.0690. The summed E-state index contributed by atoms with van der Waals surface area (Å²) in [7, 11) is 0. The third-order valence-corrected chi connectivity index (χ3v) is 2.18. The second-order valence-corrected chi connectivity index (χ2v) is 3.41. The molecule has 0 bridgehead atoms. The largest absolute Gasteiger partial charge is 0.478 e. The van der Waals surface area contributed by atoms with Gasteiger partial charge in [0.25, 0.3) is 0 Å². The Hall–Kier alpha value is -2.50. The van der Waals surface area contributed by atoms with Crippen LogP contribution >= 0.6 is 0 Å². The molecule has 0 saturated carbocycles. The van der Waals surface area contributed by atoms with E-state index in [-0.39, 0.29) is 5.69 Å². The Labute approximate surface area is 103 Å². The van der Waals surface area contributed by atoms with Crippen LogP contribution in [0.3, 0.4) is 0 Å². The molecule has 6 nitrogen and oxygen atoms in total. The molecule has 0 saturated heterocycles. The van der Waals surface area contributed by atoms with Crippen molar-refractivity contribution in [1.29, 1.82) is 0 Å². The number of aromatic carboxylic acids is 1. The van der Waals surface area contributed by atoms with Crippen LogP contribution in [0.5, 0.6) is 5.88 Å². The number of rotatable bonds is 4. The van der Waals surface area contributed by atoms with E-state index in [0.717, 1.165) is 0 Å². The number of carboxylic acid groups (broad SMARTS) is 1. The van der Waals surface area contributed by atoms with Gasteiger partial charge in [-0.05, 0) is 13.0 Å². The predicted molar refractivity (Wildman–Crippen MR) is 63.4 cm³/mol. The maximum atomic E-state index is 10.8. The Morgan fingerprint density at radius 2 is 2.17 bits per heavy atom. The van der Waals surface area contributed by atoms with Crippen molar-refractivity contribution in [3.63, 3.8) is 0 Å². The summed E-state index contributed by atoms with van der Waals surface area (Å²) in [6.07, 6.45) is 4.26. The van der Waals surface area contributed by atoms with E-state index in [2.05, 4.69) is 15.0 Å². The molecule has 0 fully saturated rings. The van der Waals surface area contributed by atoms with E-state index in [1.165, 1.54) is 12.4 Å². The first-order chi connectivity index (χ1) is 8.70. The van der Waals surface area contributed by atoms with Crippen LogP contribution in [0.15, 0.2) is 30.7 Å². The van der Waals surface area contributed by atoms with Gasteiger partial charge in [-0.1, -0.05) is 0 Å². The smallest absolute Gasteiger partial charge is 0.356 e. The van der Waals surface area contributed by atoms with Crippen molar-refractivity contribution in [2.24, 2.45) is 0 Å². The fraction of sp³-hybridized carbons (Fsp3) is 0.167. The molecule has 0 atom stereocenters. The predicted octanol–water partition coefficient (Wildman–Crippen LogP) is 1.64. The first kappa shape index (κ1) is 12.0. The maximum absolute atomic E-state index is 10.8. The summed E-state index contributed by atoms with van der Waals surface area (Å²) < 4.78 is 5.22. The van der Waals surface area contributed by atoms with Gasteiger partial charge >= 0.3 is 5.97 Å². The molecule has 0 spiro atoms. The number of ether oxygens (including phenoxy) is 1. The van der Waals surface area contributed by atoms with Crippen LogP contribution < -0.4 is 4.74 Å². The van der Waals surface area contributed by atoms with Gasteiger partial charge < -0.3 is 9.84 Å². The topological polar surface area (TPSA) is 85.2 Å². The molecule has 0 aliphatic rings. The van der Waals surface area contributed by atoms with Gasteiger partial charge in [-0.3, -0.25) is 4.98 Å². The van der Waals surface area contributed by atoms with Gasteiger partial charge in [0.1, 0.15) is 0 Å². The van der Waals surface area contributed by atoms with E-state index in [9.17, 15) is 4.79 Å². The Balaban J connectivity index is 2.30. The lowest BCUT2D eigenvalue weighted by Gasteiger charge is -2.03. The summed E-state index contributed by atoms with van der Waals surface area (Å²) in [5.41, 5.74) is 1.06. The summed E-state index contributed by atoms with van der Waals surface area (Å²) in [6.45, 7) is 2.41. The Morgan fingerprint density at radius 1 is 1.33 bits per heavy atom. The van der Waals surface area contributed by atoms with E-state index >= 15 is 0 Å². The second kappa shape index (κ2) is 5.22. The monoisotopic (exact) mass is 245 g/mol. The van der Waals surface area contributed by atoms with Gasteiger partial charge in [0.05, 0.1) is 24.7 Å². The minimum Gasteiger partial charge on any atom is -0.478 e. The standard InChI is InChI=1S/C12H11N3O3/c1-2-18-11-4-3-8(5-14-11)9-6-13-7-10(15-9)12(16)17/h3-7H,2H2,1H3,(H,16,17). The highest BCUT2D eigenvalue weighted by atomic mass is 16.5. The minimum atomic E-state index is -1.11. The number of nitrogens with zero attached hydrogens (tertiary/aromatic N) is 3. The first-order valence-electron chi connectivity index (χ1n) is 5.35. The second-order valence-electron chi connectivity index (χ2n) is 3.41. The average Bonchev–Trinajstić information content (AvgIpc) is 2.40. The SMILES string of the molecule is CCOc1ccc(-c2cncc(C(=O)O)n2)cn1. The maximum Gasteiger partial charge on any atom is 0.356 e. The van der Waals surface area contributed by atoms with Crippen LogP contribution in [0.4, 0.5) is 0 Å². The fourth-order valence-corrected chi connectivity index (χ4v) is 1.37. The van der Waals surface area contributed by atoms with Gasteiger partial charge in [-0.2, -0.15) is 0 Å². The number of carboxylic acids is 1. The number of pyridine rings is 1. The Morgan fingerprint density at radius 3 is 2.78 bits per heavy atom. The van der Waals surface area contributed by atoms with Crippen LogP contribution in [0.2, 0.25) is 0 Å². The molecule has 0 unspecified atom stereocenters. The molecule has 18 heavy (non-hydrogen) atoms. The molecule has 6 heteroatoms. The van der Waals surface area contributed by atoms with Gasteiger partial charge in [0.2, 0.25) is 5.88 Å². The highest BCUT2D eigenvalue weighted by molar-refractivity contribution is 5.85. The average molecular weight is 245 g/mol. The van der Waals surface area contributed by atoms with Crippen LogP contribution in [0.25, 0.3) is 11.3 Å². The summed E-state index contributed by atoms with van der Waals surface area (Å²) in [5, 5.41) is 8.83. The molecular formula is C12H11N3O3. The van der Waals surface area contributed by atoms with Gasteiger partial charge in [0.15, 0.2) is 5.69 Å². The summed E-state index contributed by atoms with van der Waals surface area (Å²) in [6, 6.07) is 3.46. The summed E-state index contributed by atoms with van der Waals surface area (Å²) in [4.78, 5) is 22.7. The van der Waals surface area contributed by atoms with Crippen LogP contribution in [0.1, 0.15) is 17.4 Å². The van der Waals surface area contributed by atoms with Gasteiger partial charge in [0, 0.05) is 17.8 Å². The lowest BCUT2D eigenvalue weighted by Crippen LogP contribution is -2.02. The highest BCUT2D eigenvalue weighted by Crippen LogP contribution is 2.17. The zero-order chi connectivity index (χ0) is 13.0. The number of carbonyl (C=O) groups is 1. The molecule has 2 aromatic heterocycles. The van der Waals surface area contributed by atoms with E-state index in [1.807, 2.05) is 6.92 Å². The molecule has 0 aromatic carbocycles. The zero-order valence-corrected chi connectivity index (χ0v) is 9.70. The number of aromatic nitrogens is 3. The van der Waals surface area contributed by atoms with Crippen molar-refractivity contribution in [1.82, 2.24) is 15.0 Å². The normalized spacial score (nSPS) is 10.1. The Bertz CT molecular complexity index is 555. The summed E-state index contributed by atoms with van der Waals surface area (Å²) >= 11 is 0. The minimum absolute atomic E-state index is 0.0959. The molecular weight excluding hydrogens is 234 g/mol. The van der Waals surface area contributed by atoms with Crippen molar-refractivity contribution in [2.45, 2.75) is 6.92 Å². The Kier molecular flexibility index (Phi) is 3.47. The molecule has 0 amide bonds. The molecule has 2 rings (SSSR count). The quantitative estimate of drug-likeness (QED) is 0.881. The van der Waals surface area contributed by atoms with Gasteiger partial charge in [-0.15, -0.1) is 0 Å². The molecule has 0 radical (unpaired) electrons. The van der Waals surface area contributed by atoms with Crippen LogP contribution in [-0.2, 0) is 0 Å². The van der Waals surface area contributed by atoms with E-state index in [0.29, 0.717) is 23.7 Å². The third-order valence-electron chi connectivity index (χ3n) is 2.18. The highest BCUT2D eigenvalue weighted by Gasteiger charge is 2.08. The first-order valence-corrected chi connectivity index (χ1v) is 5.35. The van der Waals surface area contributed by atoms with E-state index in [1.54, 1.807) is 18.3 Å². The van der Waals surface area contributed by atoms with Gasteiger partial charge in [-0.25, -0.2) is 14.8 Å². The molecule has 2 aromatic rings. The van der Waals surface area contributed by atoms with E-state index < -0.39 is 5.97 Å². The fourth-order valence-electron chi connectivity index (χ4n) is 1.37. The number of hydrogen-bond acceptors (Lipinski definition) is 5. The van der Waals surface area contributed by atoms with Crippen molar-refractivity contribution >= 4 is 5.97 Å². The van der Waals surface area contributed by atoms with Crippen molar-refractivity contribution in [2.75, 3.05) is 6.61 Å². The van der Waals surface area contributed by atoms with Crippen LogP contribution in [0, 0.1) is 0 Å².